The highest BCUT2D eigenvalue weighted by Gasteiger charge is 2.07. The van der Waals surface area contributed by atoms with Gasteiger partial charge in [0.1, 0.15) is 12.0 Å². The highest BCUT2D eigenvalue weighted by Crippen LogP contribution is 2.22. The molecule has 0 spiro atoms. The average molecular weight is 278 g/mol. The Morgan fingerprint density at radius 2 is 2.19 bits per heavy atom. The van der Waals surface area contributed by atoms with Crippen molar-refractivity contribution in [2.24, 2.45) is 0 Å². The van der Waals surface area contributed by atoms with Gasteiger partial charge in [0.2, 0.25) is 0 Å². The Hall–Kier alpha value is -2.89. The molecule has 6 nitrogen and oxygen atoms in total. The summed E-state index contributed by atoms with van der Waals surface area (Å²) in [6.45, 7) is 2.76. The van der Waals surface area contributed by atoms with E-state index in [-0.39, 0.29) is 0 Å². The zero-order valence-corrected chi connectivity index (χ0v) is 11.5. The Kier molecular flexibility index (Phi) is 2.60. The topological polar surface area (TPSA) is 70.9 Å². The lowest BCUT2D eigenvalue weighted by Crippen LogP contribution is -2.07. The summed E-state index contributed by atoms with van der Waals surface area (Å²) in [5.41, 5.74) is 5.03. The SMILES string of the molecule is Cc1c(NCc2cccc3ncnn23)cnc2[nH]ccc12. The van der Waals surface area contributed by atoms with Gasteiger partial charge in [0, 0.05) is 11.6 Å². The van der Waals surface area contributed by atoms with Crippen molar-refractivity contribution >= 4 is 22.4 Å². The molecule has 21 heavy (non-hydrogen) atoms. The molecule has 0 aliphatic heterocycles. The van der Waals surface area contributed by atoms with Crippen LogP contribution in [0.2, 0.25) is 0 Å². The maximum absolute atomic E-state index is 4.41. The second-order valence-electron chi connectivity index (χ2n) is 4.94. The monoisotopic (exact) mass is 278 g/mol. The van der Waals surface area contributed by atoms with E-state index in [1.165, 1.54) is 5.56 Å². The summed E-state index contributed by atoms with van der Waals surface area (Å²) in [6, 6.07) is 8.00. The Morgan fingerprint density at radius 3 is 3.14 bits per heavy atom. The molecule has 2 N–H and O–H groups in total. The van der Waals surface area contributed by atoms with Crippen LogP contribution in [0.25, 0.3) is 16.7 Å². The lowest BCUT2D eigenvalue weighted by Gasteiger charge is -2.10. The number of hydrogen-bond acceptors (Lipinski definition) is 4. The number of H-pyrrole nitrogens is 1. The molecule has 0 aromatic carbocycles. The number of fused-ring (bicyclic) bond motifs is 2. The highest BCUT2D eigenvalue weighted by atomic mass is 15.3. The van der Waals surface area contributed by atoms with Crippen LogP contribution in [0.4, 0.5) is 5.69 Å². The van der Waals surface area contributed by atoms with Crippen molar-refractivity contribution in [3.8, 4) is 0 Å². The highest BCUT2D eigenvalue weighted by molar-refractivity contribution is 5.83. The first-order valence-corrected chi connectivity index (χ1v) is 6.77. The van der Waals surface area contributed by atoms with Crippen LogP contribution >= 0.6 is 0 Å². The molecule has 0 bridgehead atoms. The number of pyridine rings is 2. The van der Waals surface area contributed by atoms with Crippen molar-refractivity contribution in [1.29, 1.82) is 0 Å². The number of nitrogens with one attached hydrogen (secondary N) is 2. The van der Waals surface area contributed by atoms with Crippen molar-refractivity contribution in [1.82, 2.24) is 24.6 Å². The summed E-state index contributed by atoms with van der Waals surface area (Å²) < 4.78 is 1.84. The van der Waals surface area contributed by atoms with Crippen LogP contribution in [-0.2, 0) is 6.54 Å². The summed E-state index contributed by atoms with van der Waals surface area (Å²) in [4.78, 5) is 11.7. The van der Waals surface area contributed by atoms with Gasteiger partial charge < -0.3 is 10.3 Å². The first-order valence-electron chi connectivity index (χ1n) is 6.77. The van der Waals surface area contributed by atoms with Gasteiger partial charge in [-0.05, 0) is 30.7 Å². The van der Waals surface area contributed by atoms with Gasteiger partial charge in [-0.25, -0.2) is 14.5 Å². The van der Waals surface area contributed by atoms with Gasteiger partial charge >= 0.3 is 0 Å². The van der Waals surface area contributed by atoms with Gasteiger partial charge in [0.25, 0.3) is 0 Å². The quantitative estimate of drug-likeness (QED) is 0.604. The Labute approximate surface area is 120 Å². The molecular formula is C15H14N6. The Bertz CT molecular complexity index is 920. The number of aromatic amines is 1. The first-order chi connectivity index (χ1) is 10.3. The molecule has 4 rings (SSSR count). The standard InChI is InChI=1S/C15H14N6/c1-10-12-5-6-16-15(12)18-8-13(10)17-7-11-3-2-4-14-19-9-20-21(11)14/h2-6,8-9,17H,7H2,1H3,(H,16,18). The summed E-state index contributed by atoms with van der Waals surface area (Å²) in [7, 11) is 0. The van der Waals surface area contributed by atoms with Crippen molar-refractivity contribution in [3.63, 3.8) is 0 Å². The van der Waals surface area contributed by atoms with Crippen LogP contribution in [0.5, 0.6) is 0 Å². The van der Waals surface area contributed by atoms with Crippen LogP contribution < -0.4 is 5.32 Å². The number of hydrogen-bond donors (Lipinski definition) is 2. The molecule has 0 saturated heterocycles. The molecule has 0 fully saturated rings. The van der Waals surface area contributed by atoms with E-state index in [1.54, 1.807) is 6.33 Å². The summed E-state index contributed by atoms with van der Waals surface area (Å²) in [5.74, 6) is 0. The molecule has 0 amide bonds. The molecule has 0 saturated carbocycles. The fourth-order valence-corrected chi connectivity index (χ4v) is 2.54. The average Bonchev–Trinajstić information content (AvgIpc) is 3.15. The molecule has 0 atom stereocenters. The molecule has 0 aliphatic carbocycles. The van der Waals surface area contributed by atoms with Gasteiger partial charge in [-0.3, -0.25) is 0 Å². The van der Waals surface area contributed by atoms with Crippen molar-refractivity contribution in [2.75, 3.05) is 5.32 Å². The second-order valence-corrected chi connectivity index (χ2v) is 4.94. The largest absolute Gasteiger partial charge is 0.378 e. The maximum atomic E-state index is 4.41. The van der Waals surface area contributed by atoms with Crippen LogP contribution in [-0.4, -0.2) is 24.6 Å². The molecule has 0 unspecified atom stereocenters. The van der Waals surface area contributed by atoms with Crippen LogP contribution in [0, 0.1) is 6.92 Å². The normalized spacial score (nSPS) is 11.3. The smallest absolute Gasteiger partial charge is 0.155 e. The lowest BCUT2D eigenvalue weighted by molar-refractivity contribution is 0.869. The fourth-order valence-electron chi connectivity index (χ4n) is 2.54. The van der Waals surface area contributed by atoms with Gasteiger partial charge in [0.05, 0.1) is 24.1 Å². The predicted molar refractivity (Wildman–Crippen MR) is 81.1 cm³/mol. The molecular weight excluding hydrogens is 264 g/mol. The third-order valence-electron chi connectivity index (χ3n) is 3.70. The molecule has 0 aliphatic rings. The molecule has 0 radical (unpaired) electrons. The first kappa shape index (κ1) is 11.9. The van der Waals surface area contributed by atoms with Crippen LogP contribution in [0.3, 0.4) is 0 Å². The molecule has 4 aromatic rings. The predicted octanol–water partition coefficient (Wildman–Crippen LogP) is 2.53. The summed E-state index contributed by atoms with van der Waals surface area (Å²) >= 11 is 0. The number of aryl methyl sites for hydroxylation is 1. The zero-order chi connectivity index (χ0) is 14.2. The van der Waals surface area contributed by atoms with Crippen molar-refractivity contribution in [2.45, 2.75) is 13.5 Å². The molecule has 4 heterocycles. The Morgan fingerprint density at radius 1 is 1.24 bits per heavy atom. The van der Waals surface area contributed by atoms with Crippen molar-refractivity contribution in [3.05, 3.63) is 54.2 Å². The lowest BCUT2D eigenvalue weighted by atomic mass is 10.2. The number of anilines is 1. The minimum absolute atomic E-state index is 0.666. The van der Waals surface area contributed by atoms with Gasteiger partial charge in [0.15, 0.2) is 5.65 Å². The summed E-state index contributed by atoms with van der Waals surface area (Å²) in [6.07, 6.45) is 5.33. The third kappa shape index (κ3) is 1.92. The number of nitrogens with zero attached hydrogens (tertiary/aromatic N) is 4. The van der Waals surface area contributed by atoms with Gasteiger partial charge in [-0.2, -0.15) is 5.10 Å². The number of aromatic nitrogens is 5. The van der Waals surface area contributed by atoms with E-state index in [1.807, 2.05) is 41.2 Å². The van der Waals surface area contributed by atoms with Gasteiger partial charge in [-0.1, -0.05) is 6.07 Å². The van der Waals surface area contributed by atoms with E-state index in [9.17, 15) is 0 Å². The molecule has 4 aromatic heterocycles. The second kappa shape index (κ2) is 4.59. The van der Waals surface area contributed by atoms with Crippen LogP contribution in [0.1, 0.15) is 11.3 Å². The fraction of sp³-hybridized carbons (Fsp3) is 0.133. The van der Waals surface area contributed by atoms with Crippen LogP contribution in [0.15, 0.2) is 43.0 Å². The van der Waals surface area contributed by atoms with E-state index in [2.05, 4.69) is 32.3 Å². The minimum atomic E-state index is 0.666. The van der Waals surface area contributed by atoms with E-state index in [4.69, 9.17) is 0 Å². The third-order valence-corrected chi connectivity index (χ3v) is 3.70. The number of rotatable bonds is 3. The van der Waals surface area contributed by atoms with Gasteiger partial charge in [-0.15, -0.1) is 0 Å². The summed E-state index contributed by atoms with van der Waals surface area (Å²) in [5, 5.41) is 8.81. The molecule has 6 heteroatoms. The van der Waals surface area contributed by atoms with E-state index in [0.29, 0.717) is 6.54 Å². The molecule has 104 valence electrons. The maximum Gasteiger partial charge on any atom is 0.155 e. The minimum Gasteiger partial charge on any atom is -0.378 e. The van der Waals surface area contributed by atoms with E-state index >= 15 is 0 Å². The zero-order valence-electron chi connectivity index (χ0n) is 11.5. The van der Waals surface area contributed by atoms with E-state index < -0.39 is 0 Å². The Balaban J connectivity index is 1.66. The van der Waals surface area contributed by atoms with E-state index in [0.717, 1.165) is 28.1 Å². The van der Waals surface area contributed by atoms with Crippen molar-refractivity contribution < 1.29 is 0 Å².